The molecule has 2 nitrogen and oxygen atoms in total. The van der Waals surface area contributed by atoms with Gasteiger partial charge >= 0.3 is 0 Å². The molecule has 13 heavy (non-hydrogen) atoms. The summed E-state index contributed by atoms with van der Waals surface area (Å²) in [7, 11) is 4.07. The van der Waals surface area contributed by atoms with E-state index in [2.05, 4.69) is 17.0 Å². The van der Waals surface area contributed by atoms with Gasteiger partial charge in [0.15, 0.2) is 0 Å². The zero-order chi connectivity index (χ0) is 9.84. The molecule has 0 aliphatic carbocycles. The summed E-state index contributed by atoms with van der Waals surface area (Å²) in [5.74, 6) is 0. The van der Waals surface area contributed by atoms with Crippen LogP contribution in [0.25, 0.3) is 5.57 Å². The number of nitrogens with zero attached hydrogens (tertiary/aromatic N) is 1. The van der Waals surface area contributed by atoms with Crippen LogP contribution in [-0.4, -0.2) is 20.3 Å². The van der Waals surface area contributed by atoms with Gasteiger partial charge in [0.05, 0.1) is 5.00 Å². The van der Waals surface area contributed by atoms with Crippen LogP contribution in [0.15, 0.2) is 18.2 Å². The standard InChI is InChI=1S/C10H14N2S/c1-8(6-7-11)9-4-5-10(13-9)12(2)3/h4-7,11H,1-3H3/b8-6+,11-7?. The highest BCUT2D eigenvalue weighted by Gasteiger charge is 2.01. The summed E-state index contributed by atoms with van der Waals surface area (Å²) in [6, 6.07) is 4.19. The number of anilines is 1. The van der Waals surface area contributed by atoms with Gasteiger partial charge in [0, 0.05) is 25.2 Å². The molecule has 0 atom stereocenters. The van der Waals surface area contributed by atoms with Gasteiger partial charge in [0.2, 0.25) is 0 Å². The second-order valence-corrected chi connectivity index (χ2v) is 4.11. The van der Waals surface area contributed by atoms with Gasteiger partial charge in [-0.1, -0.05) is 0 Å². The Morgan fingerprint density at radius 1 is 1.46 bits per heavy atom. The minimum absolute atomic E-state index is 1.15. The number of allylic oxidation sites excluding steroid dienone is 2. The minimum atomic E-state index is 1.15. The normalized spacial score (nSPS) is 11.5. The summed E-state index contributed by atoms with van der Waals surface area (Å²) in [5, 5.41) is 8.21. The molecule has 0 spiro atoms. The quantitative estimate of drug-likeness (QED) is 0.736. The van der Waals surface area contributed by atoms with E-state index in [9.17, 15) is 0 Å². The number of rotatable bonds is 3. The van der Waals surface area contributed by atoms with E-state index in [1.165, 1.54) is 16.1 Å². The predicted octanol–water partition coefficient (Wildman–Crippen LogP) is 2.87. The van der Waals surface area contributed by atoms with Gasteiger partial charge in [-0.3, -0.25) is 0 Å². The predicted molar refractivity (Wildman–Crippen MR) is 61.1 cm³/mol. The third-order valence-electron chi connectivity index (χ3n) is 1.75. The van der Waals surface area contributed by atoms with Crippen LogP contribution >= 0.6 is 11.3 Å². The molecule has 3 heteroatoms. The van der Waals surface area contributed by atoms with Crippen LogP contribution in [0.3, 0.4) is 0 Å². The van der Waals surface area contributed by atoms with E-state index >= 15 is 0 Å². The molecule has 0 aliphatic rings. The average Bonchev–Trinajstić information content (AvgIpc) is 2.52. The summed E-state index contributed by atoms with van der Waals surface area (Å²) in [6.45, 7) is 2.02. The smallest absolute Gasteiger partial charge is 0.0909 e. The monoisotopic (exact) mass is 194 g/mol. The highest BCUT2D eigenvalue weighted by molar-refractivity contribution is 7.17. The number of hydrogen-bond acceptors (Lipinski definition) is 3. The summed E-state index contributed by atoms with van der Waals surface area (Å²) < 4.78 is 0. The van der Waals surface area contributed by atoms with Crippen LogP contribution in [-0.2, 0) is 0 Å². The molecule has 0 radical (unpaired) electrons. The maximum absolute atomic E-state index is 6.97. The molecule has 0 fully saturated rings. The molecule has 0 saturated heterocycles. The Kier molecular flexibility index (Phi) is 3.25. The molecule has 0 amide bonds. The Balaban J connectivity index is 2.91. The molecule has 0 saturated carbocycles. The van der Waals surface area contributed by atoms with Gasteiger partial charge < -0.3 is 10.3 Å². The molecular weight excluding hydrogens is 180 g/mol. The first-order valence-electron chi connectivity index (χ1n) is 4.10. The molecule has 1 heterocycles. The van der Waals surface area contributed by atoms with Crippen molar-refractivity contribution >= 4 is 28.1 Å². The van der Waals surface area contributed by atoms with Crippen molar-refractivity contribution in [1.29, 1.82) is 5.41 Å². The van der Waals surface area contributed by atoms with Crippen molar-refractivity contribution in [1.82, 2.24) is 0 Å². The average molecular weight is 194 g/mol. The lowest BCUT2D eigenvalue weighted by Gasteiger charge is -2.07. The maximum Gasteiger partial charge on any atom is 0.0909 e. The lowest BCUT2D eigenvalue weighted by atomic mass is 10.2. The molecule has 0 bridgehead atoms. The molecule has 1 aromatic rings. The van der Waals surface area contributed by atoms with Crippen LogP contribution in [0.2, 0.25) is 0 Å². The van der Waals surface area contributed by atoms with E-state index < -0.39 is 0 Å². The van der Waals surface area contributed by atoms with Crippen molar-refractivity contribution in [3.63, 3.8) is 0 Å². The highest BCUT2D eigenvalue weighted by Crippen LogP contribution is 2.28. The molecule has 0 unspecified atom stereocenters. The van der Waals surface area contributed by atoms with Crippen LogP contribution in [0.1, 0.15) is 11.8 Å². The van der Waals surface area contributed by atoms with Gasteiger partial charge in [-0.15, -0.1) is 11.3 Å². The molecule has 1 N–H and O–H groups in total. The Morgan fingerprint density at radius 2 is 2.15 bits per heavy atom. The Hall–Kier alpha value is -1.09. The zero-order valence-electron chi connectivity index (χ0n) is 8.16. The second-order valence-electron chi connectivity index (χ2n) is 3.05. The molecule has 0 aliphatic heterocycles. The van der Waals surface area contributed by atoms with Crippen molar-refractivity contribution in [3.8, 4) is 0 Å². The first-order valence-corrected chi connectivity index (χ1v) is 4.91. The van der Waals surface area contributed by atoms with E-state index in [-0.39, 0.29) is 0 Å². The van der Waals surface area contributed by atoms with Gasteiger partial charge in [0.25, 0.3) is 0 Å². The largest absolute Gasteiger partial charge is 0.370 e. The molecule has 1 rings (SSSR count). The Morgan fingerprint density at radius 3 is 2.62 bits per heavy atom. The second kappa shape index (κ2) is 4.23. The van der Waals surface area contributed by atoms with E-state index in [0.29, 0.717) is 0 Å². The van der Waals surface area contributed by atoms with E-state index in [1.807, 2.05) is 27.1 Å². The Bertz CT molecular complexity index is 323. The van der Waals surface area contributed by atoms with Crippen molar-refractivity contribution in [3.05, 3.63) is 23.1 Å². The fourth-order valence-electron chi connectivity index (χ4n) is 0.987. The summed E-state index contributed by atoms with van der Waals surface area (Å²) in [4.78, 5) is 3.32. The summed E-state index contributed by atoms with van der Waals surface area (Å²) in [6.07, 6.45) is 3.13. The summed E-state index contributed by atoms with van der Waals surface area (Å²) >= 11 is 1.74. The molecule has 70 valence electrons. The van der Waals surface area contributed by atoms with Crippen molar-refractivity contribution in [2.45, 2.75) is 6.92 Å². The van der Waals surface area contributed by atoms with Crippen LogP contribution < -0.4 is 4.90 Å². The van der Waals surface area contributed by atoms with Gasteiger partial charge in [-0.05, 0) is 30.7 Å². The number of hydrogen-bond donors (Lipinski definition) is 1. The van der Waals surface area contributed by atoms with Crippen molar-refractivity contribution < 1.29 is 0 Å². The van der Waals surface area contributed by atoms with E-state index in [0.717, 1.165) is 5.57 Å². The topological polar surface area (TPSA) is 27.1 Å². The fourth-order valence-corrected chi connectivity index (χ4v) is 1.90. The van der Waals surface area contributed by atoms with E-state index in [1.54, 1.807) is 11.3 Å². The van der Waals surface area contributed by atoms with Crippen molar-refractivity contribution in [2.24, 2.45) is 0 Å². The van der Waals surface area contributed by atoms with Gasteiger partial charge in [-0.25, -0.2) is 0 Å². The maximum atomic E-state index is 6.97. The van der Waals surface area contributed by atoms with Gasteiger partial charge in [0.1, 0.15) is 0 Å². The van der Waals surface area contributed by atoms with Crippen LogP contribution in [0.5, 0.6) is 0 Å². The van der Waals surface area contributed by atoms with Crippen LogP contribution in [0.4, 0.5) is 5.00 Å². The SMILES string of the molecule is C/C(=C\C=N)c1ccc(N(C)C)s1. The molecule has 0 aromatic carbocycles. The Labute approximate surface area is 83.0 Å². The molecular formula is C10H14N2S. The minimum Gasteiger partial charge on any atom is -0.370 e. The third-order valence-corrected chi connectivity index (χ3v) is 3.14. The van der Waals surface area contributed by atoms with Crippen molar-refractivity contribution in [2.75, 3.05) is 19.0 Å². The fraction of sp³-hybridized carbons (Fsp3) is 0.300. The molecule has 1 aromatic heterocycles. The third kappa shape index (κ3) is 2.42. The first kappa shape index (κ1) is 9.99. The first-order chi connectivity index (χ1) is 6.15. The number of nitrogens with one attached hydrogen (secondary N) is 1. The van der Waals surface area contributed by atoms with Crippen LogP contribution in [0, 0.1) is 5.41 Å². The summed E-state index contributed by atoms with van der Waals surface area (Å²) in [5.41, 5.74) is 1.15. The lowest BCUT2D eigenvalue weighted by molar-refractivity contribution is 1.16. The number of thiophene rings is 1. The van der Waals surface area contributed by atoms with Gasteiger partial charge in [-0.2, -0.15) is 0 Å². The zero-order valence-corrected chi connectivity index (χ0v) is 8.98. The van der Waals surface area contributed by atoms with E-state index in [4.69, 9.17) is 5.41 Å². The highest BCUT2D eigenvalue weighted by atomic mass is 32.1. The lowest BCUT2D eigenvalue weighted by Crippen LogP contribution is -2.05.